The van der Waals surface area contributed by atoms with Gasteiger partial charge in [-0.15, -0.1) is 0 Å². The molecule has 0 atom stereocenters. The first-order valence-electron chi connectivity index (χ1n) is 11.1. The second-order valence-electron chi connectivity index (χ2n) is 8.62. The monoisotopic (exact) mass is 427 g/mol. The number of hydrogen-bond acceptors (Lipinski definition) is 4. The first-order valence-corrected chi connectivity index (χ1v) is 11.1. The van der Waals surface area contributed by atoms with E-state index in [2.05, 4.69) is 26.1 Å². The Morgan fingerprint density at radius 2 is 1.74 bits per heavy atom. The predicted molar refractivity (Wildman–Crippen MR) is 125 cm³/mol. The van der Waals surface area contributed by atoms with Crippen molar-refractivity contribution < 1.29 is 19.4 Å². The van der Waals surface area contributed by atoms with Crippen molar-refractivity contribution in [1.29, 1.82) is 0 Å². The van der Waals surface area contributed by atoms with Gasteiger partial charge < -0.3 is 19.9 Å². The van der Waals surface area contributed by atoms with Crippen molar-refractivity contribution in [2.45, 2.75) is 64.7 Å². The Labute approximate surface area is 186 Å². The van der Waals surface area contributed by atoms with Crippen molar-refractivity contribution in [3.63, 3.8) is 0 Å². The number of amides is 1. The molecule has 0 aliphatic carbocycles. The van der Waals surface area contributed by atoms with Crippen molar-refractivity contribution >= 4 is 5.91 Å². The van der Waals surface area contributed by atoms with Crippen LogP contribution in [-0.4, -0.2) is 31.8 Å². The number of ether oxygens (including phenoxy) is 2. The molecule has 2 rings (SSSR count). The maximum absolute atomic E-state index is 12.8. The fourth-order valence-electron chi connectivity index (χ4n) is 3.81. The van der Waals surface area contributed by atoms with Gasteiger partial charge in [-0.25, -0.2) is 0 Å². The van der Waals surface area contributed by atoms with E-state index in [4.69, 9.17) is 9.47 Å². The van der Waals surface area contributed by atoms with E-state index < -0.39 is 0 Å². The minimum atomic E-state index is -0.101. The third kappa shape index (κ3) is 6.91. The number of carbonyl (C=O) groups is 1. The van der Waals surface area contributed by atoms with Gasteiger partial charge in [0.25, 0.3) is 5.91 Å². The van der Waals surface area contributed by atoms with E-state index in [0.29, 0.717) is 24.3 Å². The first kappa shape index (κ1) is 24.6. The zero-order chi connectivity index (χ0) is 22.9. The molecule has 0 bridgehead atoms. The average molecular weight is 428 g/mol. The van der Waals surface area contributed by atoms with Crippen LogP contribution in [0.3, 0.4) is 0 Å². The quantitative estimate of drug-likeness (QED) is 0.431. The van der Waals surface area contributed by atoms with Gasteiger partial charge in [0.1, 0.15) is 5.75 Å². The van der Waals surface area contributed by atoms with E-state index in [1.807, 2.05) is 24.3 Å². The minimum Gasteiger partial charge on any atom is -0.504 e. The number of phenolic OH excluding ortho intramolecular Hbond substituents is 1. The molecule has 0 unspecified atom stereocenters. The normalized spacial score (nSPS) is 11.3. The van der Waals surface area contributed by atoms with Crippen LogP contribution >= 0.6 is 0 Å². The molecule has 1 amide bonds. The van der Waals surface area contributed by atoms with E-state index in [0.717, 1.165) is 29.7 Å². The molecule has 0 radical (unpaired) electrons. The van der Waals surface area contributed by atoms with Crippen LogP contribution in [0.25, 0.3) is 0 Å². The van der Waals surface area contributed by atoms with Crippen LogP contribution in [0.4, 0.5) is 0 Å². The lowest BCUT2D eigenvalue weighted by molar-refractivity contribution is 0.0954. The van der Waals surface area contributed by atoms with Crippen LogP contribution in [0.1, 0.15) is 74.4 Å². The Balaban J connectivity index is 2.04. The van der Waals surface area contributed by atoms with Gasteiger partial charge in [0.05, 0.1) is 14.2 Å². The molecule has 31 heavy (non-hydrogen) atoms. The van der Waals surface area contributed by atoms with Crippen molar-refractivity contribution in [3.8, 4) is 17.2 Å². The summed E-state index contributed by atoms with van der Waals surface area (Å²) in [5.74, 6) is 1.27. The van der Waals surface area contributed by atoms with Crippen LogP contribution in [-0.2, 0) is 11.8 Å². The van der Waals surface area contributed by atoms with Gasteiger partial charge in [-0.2, -0.15) is 0 Å². The largest absolute Gasteiger partial charge is 0.504 e. The maximum atomic E-state index is 12.8. The Morgan fingerprint density at radius 3 is 2.42 bits per heavy atom. The molecule has 0 aliphatic heterocycles. The van der Waals surface area contributed by atoms with Gasteiger partial charge in [0, 0.05) is 17.7 Å². The fourth-order valence-corrected chi connectivity index (χ4v) is 3.81. The molecular formula is C26H37NO4. The number of aromatic hydroxyl groups is 1. The lowest BCUT2D eigenvalue weighted by Gasteiger charge is -2.28. The molecule has 170 valence electrons. The molecule has 0 aliphatic rings. The van der Waals surface area contributed by atoms with Gasteiger partial charge in [0.15, 0.2) is 11.5 Å². The molecule has 5 nitrogen and oxygen atoms in total. The Bertz CT molecular complexity index is 860. The van der Waals surface area contributed by atoms with Gasteiger partial charge in [-0.05, 0) is 54.2 Å². The highest BCUT2D eigenvalue weighted by Crippen LogP contribution is 2.36. The molecular weight excluding hydrogens is 390 g/mol. The highest BCUT2D eigenvalue weighted by Gasteiger charge is 2.25. The number of unbranched alkanes of at least 4 members (excludes halogenated alkanes) is 3. The molecule has 0 heterocycles. The Hall–Kier alpha value is -2.69. The fraction of sp³-hybridized carbons (Fsp3) is 0.500. The maximum Gasteiger partial charge on any atom is 0.251 e. The third-order valence-electron chi connectivity index (χ3n) is 5.79. The topological polar surface area (TPSA) is 67.8 Å². The summed E-state index contributed by atoms with van der Waals surface area (Å²) >= 11 is 0. The molecule has 2 aromatic carbocycles. The summed E-state index contributed by atoms with van der Waals surface area (Å²) < 4.78 is 10.7. The van der Waals surface area contributed by atoms with E-state index >= 15 is 0 Å². The van der Waals surface area contributed by atoms with Crippen molar-refractivity contribution in [2.75, 3.05) is 20.8 Å². The summed E-state index contributed by atoms with van der Waals surface area (Å²) in [5.41, 5.74) is 2.62. The summed E-state index contributed by atoms with van der Waals surface area (Å²) in [7, 11) is 3.20. The summed E-state index contributed by atoms with van der Waals surface area (Å²) in [6.45, 7) is 7.15. The molecule has 0 saturated heterocycles. The molecule has 2 aromatic rings. The van der Waals surface area contributed by atoms with Crippen molar-refractivity contribution in [2.24, 2.45) is 0 Å². The summed E-state index contributed by atoms with van der Waals surface area (Å²) in [4.78, 5) is 12.8. The van der Waals surface area contributed by atoms with Crippen LogP contribution < -0.4 is 14.8 Å². The summed E-state index contributed by atoms with van der Waals surface area (Å²) in [5, 5.41) is 12.7. The first-order chi connectivity index (χ1) is 14.8. The van der Waals surface area contributed by atoms with Crippen molar-refractivity contribution in [1.82, 2.24) is 5.32 Å². The number of nitrogens with one attached hydrogen (secondary N) is 1. The third-order valence-corrected chi connectivity index (χ3v) is 5.79. The van der Waals surface area contributed by atoms with Crippen LogP contribution in [0.2, 0.25) is 0 Å². The second kappa shape index (κ2) is 11.6. The van der Waals surface area contributed by atoms with Crippen LogP contribution in [0.5, 0.6) is 17.2 Å². The average Bonchev–Trinajstić information content (AvgIpc) is 2.77. The van der Waals surface area contributed by atoms with Gasteiger partial charge >= 0.3 is 0 Å². The second-order valence-corrected chi connectivity index (χ2v) is 8.62. The highest BCUT2D eigenvalue weighted by atomic mass is 16.5. The SMILES string of the molecule is CCCCCCC(C)(C)c1cc(C(=O)NCCc2ccc(O)c(OC)c2)ccc1OC. The van der Waals surface area contributed by atoms with E-state index in [9.17, 15) is 9.90 Å². The van der Waals surface area contributed by atoms with E-state index in [1.54, 1.807) is 19.2 Å². The summed E-state index contributed by atoms with van der Waals surface area (Å²) in [6, 6.07) is 10.9. The zero-order valence-electron chi connectivity index (χ0n) is 19.6. The highest BCUT2D eigenvalue weighted by molar-refractivity contribution is 5.94. The molecule has 0 fully saturated rings. The van der Waals surface area contributed by atoms with Gasteiger partial charge in [0.2, 0.25) is 0 Å². The van der Waals surface area contributed by atoms with Crippen molar-refractivity contribution in [3.05, 3.63) is 53.1 Å². The van der Waals surface area contributed by atoms with Gasteiger partial charge in [-0.3, -0.25) is 4.79 Å². The standard InChI is InChI=1S/C26H37NO4/c1-6-7-8-9-15-26(2,3)21-18-20(11-13-23(21)30-4)25(29)27-16-14-19-10-12-22(28)24(17-19)31-5/h10-13,17-18,28H,6-9,14-16H2,1-5H3,(H,27,29). The molecule has 5 heteroatoms. The van der Waals surface area contributed by atoms with E-state index in [-0.39, 0.29) is 17.1 Å². The predicted octanol–water partition coefficient (Wildman–Crippen LogP) is 5.63. The number of phenols is 1. The zero-order valence-corrected chi connectivity index (χ0v) is 19.6. The molecule has 2 N–H and O–H groups in total. The number of methoxy groups -OCH3 is 2. The van der Waals surface area contributed by atoms with Gasteiger partial charge in [-0.1, -0.05) is 52.5 Å². The smallest absolute Gasteiger partial charge is 0.251 e. The number of rotatable bonds is 12. The lowest BCUT2D eigenvalue weighted by Crippen LogP contribution is -2.26. The van der Waals surface area contributed by atoms with E-state index in [1.165, 1.54) is 26.4 Å². The number of carbonyl (C=O) groups excluding carboxylic acids is 1. The van der Waals surface area contributed by atoms with Crippen LogP contribution in [0.15, 0.2) is 36.4 Å². The number of hydrogen-bond donors (Lipinski definition) is 2. The molecule has 0 spiro atoms. The Kier molecular flexibility index (Phi) is 9.22. The summed E-state index contributed by atoms with van der Waals surface area (Å²) in [6.07, 6.45) is 6.56. The molecule has 0 aromatic heterocycles. The Morgan fingerprint density at radius 1 is 1.00 bits per heavy atom. The number of benzene rings is 2. The minimum absolute atomic E-state index is 0.0715. The lowest BCUT2D eigenvalue weighted by atomic mass is 9.78. The van der Waals surface area contributed by atoms with Crippen LogP contribution in [0, 0.1) is 0 Å². The molecule has 0 saturated carbocycles.